The third-order valence-corrected chi connectivity index (χ3v) is 7.92. The van der Waals surface area contributed by atoms with Gasteiger partial charge in [-0.2, -0.15) is 0 Å². The molecule has 0 amide bonds. The van der Waals surface area contributed by atoms with Crippen molar-refractivity contribution in [1.82, 2.24) is 15.0 Å². The summed E-state index contributed by atoms with van der Waals surface area (Å²) in [5.41, 5.74) is 8.92. The van der Waals surface area contributed by atoms with Crippen molar-refractivity contribution >= 4 is 43.7 Å². The normalized spacial score (nSPS) is 12.1. The summed E-state index contributed by atoms with van der Waals surface area (Å²) >= 11 is 0. The number of benzene rings is 4. The van der Waals surface area contributed by atoms with E-state index in [1.807, 2.05) is 25.1 Å². The molecule has 0 atom stereocenters. The van der Waals surface area contributed by atoms with E-state index >= 15 is 0 Å². The number of fused-ring (bicyclic) bond motifs is 6. The standard InChI is InChI=1S/C36H31N3O/c1-20(2)25-18-24-14-15-28-33(37-22(5)38-34(28)32(24)30(19-25)21(3)4)29-13-9-12-26-27-16-17-31(23-10-7-6-8-11-23)39-36(27)40-35(26)29/h6-21H,1-5H3. The predicted octanol–water partition coefficient (Wildman–Crippen LogP) is 9.97. The fourth-order valence-electron chi connectivity index (χ4n) is 5.85. The quantitative estimate of drug-likeness (QED) is 0.216. The molecule has 0 unspecified atom stereocenters. The Bertz CT molecular complexity index is 2070. The summed E-state index contributed by atoms with van der Waals surface area (Å²) in [7, 11) is 0. The van der Waals surface area contributed by atoms with E-state index in [0.29, 0.717) is 17.5 Å². The van der Waals surface area contributed by atoms with Crippen LogP contribution in [0.25, 0.3) is 66.3 Å². The second kappa shape index (κ2) is 9.27. The van der Waals surface area contributed by atoms with Gasteiger partial charge in [0.15, 0.2) is 0 Å². The van der Waals surface area contributed by atoms with Crippen LogP contribution in [-0.4, -0.2) is 15.0 Å². The fourth-order valence-corrected chi connectivity index (χ4v) is 5.85. The lowest BCUT2D eigenvalue weighted by Gasteiger charge is -2.17. The molecule has 3 heterocycles. The van der Waals surface area contributed by atoms with Crippen molar-refractivity contribution < 1.29 is 4.42 Å². The second-order valence-corrected chi connectivity index (χ2v) is 11.3. The van der Waals surface area contributed by atoms with Gasteiger partial charge < -0.3 is 4.42 Å². The fraction of sp³-hybridized carbons (Fsp3) is 0.194. The molecule has 40 heavy (non-hydrogen) atoms. The summed E-state index contributed by atoms with van der Waals surface area (Å²) in [6, 6.07) is 29.7. The highest BCUT2D eigenvalue weighted by Crippen LogP contribution is 2.40. The van der Waals surface area contributed by atoms with Crippen LogP contribution in [0.2, 0.25) is 0 Å². The minimum absolute atomic E-state index is 0.370. The van der Waals surface area contributed by atoms with Crippen molar-refractivity contribution in [3.05, 3.63) is 102 Å². The topological polar surface area (TPSA) is 51.8 Å². The van der Waals surface area contributed by atoms with Gasteiger partial charge in [-0.15, -0.1) is 0 Å². The highest BCUT2D eigenvalue weighted by atomic mass is 16.3. The molecule has 0 N–H and O–H groups in total. The number of para-hydroxylation sites is 1. The third kappa shape index (κ3) is 3.86. The van der Waals surface area contributed by atoms with Gasteiger partial charge in [-0.1, -0.05) is 88.4 Å². The maximum Gasteiger partial charge on any atom is 0.227 e. The first-order valence-electron chi connectivity index (χ1n) is 14.0. The molecular weight excluding hydrogens is 490 g/mol. The lowest BCUT2D eigenvalue weighted by molar-refractivity contribution is 0.655. The summed E-state index contributed by atoms with van der Waals surface area (Å²) in [5.74, 6) is 1.58. The molecule has 0 radical (unpaired) electrons. The number of aromatic nitrogens is 3. The van der Waals surface area contributed by atoms with Crippen molar-refractivity contribution in [2.75, 3.05) is 0 Å². The van der Waals surface area contributed by atoms with E-state index < -0.39 is 0 Å². The van der Waals surface area contributed by atoms with Crippen LogP contribution < -0.4 is 0 Å². The van der Waals surface area contributed by atoms with Gasteiger partial charge in [0.2, 0.25) is 5.71 Å². The number of nitrogens with zero attached hydrogens (tertiary/aromatic N) is 3. The van der Waals surface area contributed by atoms with E-state index in [9.17, 15) is 0 Å². The first-order chi connectivity index (χ1) is 19.4. The Morgan fingerprint density at radius 1 is 0.675 bits per heavy atom. The van der Waals surface area contributed by atoms with E-state index in [4.69, 9.17) is 19.4 Å². The van der Waals surface area contributed by atoms with Gasteiger partial charge in [0, 0.05) is 32.7 Å². The monoisotopic (exact) mass is 521 g/mol. The lowest BCUT2D eigenvalue weighted by Crippen LogP contribution is -2.00. The molecule has 3 aromatic heterocycles. The van der Waals surface area contributed by atoms with Gasteiger partial charge in [-0.3, -0.25) is 0 Å². The smallest absolute Gasteiger partial charge is 0.227 e. The van der Waals surface area contributed by atoms with Crippen molar-refractivity contribution in [2.24, 2.45) is 0 Å². The molecule has 0 aliphatic rings. The molecule has 0 aliphatic heterocycles. The number of furan rings is 1. The van der Waals surface area contributed by atoms with Crippen LogP contribution >= 0.6 is 0 Å². The zero-order valence-corrected chi connectivity index (χ0v) is 23.5. The maximum absolute atomic E-state index is 6.51. The Morgan fingerprint density at radius 3 is 2.25 bits per heavy atom. The summed E-state index contributed by atoms with van der Waals surface area (Å²) in [6.45, 7) is 11.0. The van der Waals surface area contributed by atoms with E-state index in [0.717, 1.165) is 55.6 Å². The van der Waals surface area contributed by atoms with E-state index in [1.54, 1.807) is 0 Å². The van der Waals surface area contributed by atoms with Gasteiger partial charge in [0.05, 0.1) is 16.9 Å². The van der Waals surface area contributed by atoms with Crippen molar-refractivity contribution in [3.8, 4) is 22.5 Å². The Labute approximate surface area is 233 Å². The maximum atomic E-state index is 6.51. The molecule has 7 rings (SSSR count). The van der Waals surface area contributed by atoms with Crippen molar-refractivity contribution in [1.29, 1.82) is 0 Å². The Balaban J connectivity index is 1.50. The van der Waals surface area contributed by atoms with Crippen LogP contribution in [0, 0.1) is 6.92 Å². The summed E-state index contributed by atoms with van der Waals surface area (Å²) in [6.07, 6.45) is 0. The molecule has 4 aromatic carbocycles. The molecule has 0 saturated heterocycles. The number of rotatable bonds is 4. The molecule has 0 spiro atoms. The van der Waals surface area contributed by atoms with Gasteiger partial charge >= 0.3 is 0 Å². The molecule has 0 saturated carbocycles. The Hall–Kier alpha value is -4.57. The minimum atomic E-state index is 0.370. The van der Waals surface area contributed by atoms with Crippen LogP contribution in [0.15, 0.2) is 89.3 Å². The van der Waals surface area contributed by atoms with Crippen LogP contribution in [0.4, 0.5) is 0 Å². The summed E-state index contributed by atoms with van der Waals surface area (Å²) in [5, 5.41) is 5.51. The van der Waals surface area contributed by atoms with Crippen LogP contribution in [0.1, 0.15) is 56.5 Å². The minimum Gasteiger partial charge on any atom is -0.437 e. The molecule has 0 aliphatic carbocycles. The van der Waals surface area contributed by atoms with E-state index in [2.05, 4.69) is 94.4 Å². The number of pyridine rings is 1. The molecule has 0 bridgehead atoms. The summed E-state index contributed by atoms with van der Waals surface area (Å²) < 4.78 is 6.51. The zero-order valence-electron chi connectivity index (χ0n) is 23.5. The average Bonchev–Trinajstić information content (AvgIpc) is 3.34. The molecular formula is C36H31N3O. The highest BCUT2D eigenvalue weighted by molar-refractivity contribution is 6.15. The number of hydrogen-bond donors (Lipinski definition) is 0. The van der Waals surface area contributed by atoms with Gasteiger partial charge in [0.1, 0.15) is 11.4 Å². The first-order valence-corrected chi connectivity index (χ1v) is 14.0. The number of hydrogen-bond acceptors (Lipinski definition) is 4. The first kappa shape index (κ1) is 24.5. The molecule has 4 nitrogen and oxygen atoms in total. The Morgan fingerprint density at radius 2 is 1.48 bits per heavy atom. The molecule has 7 aromatic rings. The van der Waals surface area contributed by atoms with Crippen LogP contribution in [0.3, 0.4) is 0 Å². The average molecular weight is 522 g/mol. The van der Waals surface area contributed by atoms with Crippen LogP contribution in [-0.2, 0) is 0 Å². The molecule has 4 heteroatoms. The van der Waals surface area contributed by atoms with Gasteiger partial charge in [-0.05, 0) is 59.5 Å². The SMILES string of the molecule is Cc1nc(-c2cccc3c2oc2nc(-c4ccccc4)ccc23)c2ccc3cc(C(C)C)cc(C(C)C)c3c2n1. The van der Waals surface area contributed by atoms with Crippen molar-refractivity contribution in [2.45, 2.75) is 46.5 Å². The predicted molar refractivity (Wildman–Crippen MR) is 166 cm³/mol. The highest BCUT2D eigenvalue weighted by Gasteiger charge is 2.20. The largest absolute Gasteiger partial charge is 0.437 e. The van der Waals surface area contributed by atoms with Crippen LogP contribution in [0.5, 0.6) is 0 Å². The molecule has 0 fully saturated rings. The lowest BCUT2D eigenvalue weighted by atomic mass is 9.88. The third-order valence-electron chi connectivity index (χ3n) is 7.92. The Kier molecular flexibility index (Phi) is 5.67. The molecule has 196 valence electrons. The van der Waals surface area contributed by atoms with Gasteiger partial charge in [-0.25, -0.2) is 15.0 Å². The second-order valence-electron chi connectivity index (χ2n) is 11.3. The number of aryl methyl sites for hydroxylation is 1. The van der Waals surface area contributed by atoms with Crippen molar-refractivity contribution in [3.63, 3.8) is 0 Å². The van der Waals surface area contributed by atoms with Gasteiger partial charge in [0.25, 0.3) is 0 Å². The van der Waals surface area contributed by atoms with E-state index in [1.165, 1.54) is 21.9 Å². The van der Waals surface area contributed by atoms with E-state index in [-0.39, 0.29) is 0 Å². The zero-order chi connectivity index (χ0) is 27.5. The summed E-state index contributed by atoms with van der Waals surface area (Å²) in [4.78, 5) is 14.9.